The third-order valence-electron chi connectivity index (χ3n) is 6.44. The van der Waals surface area contributed by atoms with Gasteiger partial charge in [-0.25, -0.2) is 0 Å². The molecule has 0 saturated carbocycles. The van der Waals surface area contributed by atoms with Crippen LogP contribution in [0.25, 0.3) is 0 Å². The Balaban J connectivity index is 2.65. The van der Waals surface area contributed by atoms with Crippen LogP contribution in [0.4, 0.5) is 0 Å². The molecular formula is C23H46N2O2. The van der Waals surface area contributed by atoms with Crippen molar-refractivity contribution in [3.63, 3.8) is 0 Å². The second-order valence-electron chi connectivity index (χ2n) is 8.80. The summed E-state index contributed by atoms with van der Waals surface area (Å²) in [5.74, 6) is 1.39. The molecule has 0 radical (unpaired) electrons. The molecule has 0 aromatic carbocycles. The Morgan fingerprint density at radius 3 is 2.26 bits per heavy atom. The van der Waals surface area contributed by atoms with Crippen molar-refractivity contribution in [2.24, 2.45) is 23.3 Å². The van der Waals surface area contributed by atoms with Crippen LogP contribution in [0.3, 0.4) is 0 Å². The van der Waals surface area contributed by atoms with Crippen LogP contribution in [0, 0.1) is 11.8 Å². The molecule has 1 heterocycles. The van der Waals surface area contributed by atoms with E-state index < -0.39 is 12.1 Å². The zero-order chi connectivity index (χ0) is 20.4. The first-order chi connectivity index (χ1) is 12.8. The van der Waals surface area contributed by atoms with Gasteiger partial charge in [0.2, 0.25) is 0 Å². The van der Waals surface area contributed by atoms with E-state index >= 15 is 0 Å². The van der Waals surface area contributed by atoms with Gasteiger partial charge < -0.3 is 21.3 Å². The Morgan fingerprint density at radius 2 is 1.67 bits per heavy atom. The summed E-state index contributed by atoms with van der Waals surface area (Å²) >= 11 is 0. The van der Waals surface area contributed by atoms with Crippen LogP contribution in [-0.4, -0.2) is 35.5 Å². The lowest BCUT2D eigenvalue weighted by molar-refractivity contribution is -0.135. The molecule has 1 saturated heterocycles. The molecule has 1 fully saturated rings. The normalized spacial score (nSPS) is 30.9. The molecular weight excluding hydrogens is 336 g/mol. The first-order valence-corrected chi connectivity index (χ1v) is 11.4. The molecule has 7 atom stereocenters. The highest BCUT2D eigenvalue weighted by atomic mass is 16.5. The van der Waals surface area contributed by atoms with Gasteiger partial charge in [0.25, 0.3) is 0 Å². The van der Waals surface area contributed by atoms with Gasteiger partial charge in [-0.3, -0.25) is 0 Å². The van der Waals surface area contributed by atoms with Gasteiger partial charge >= 0.3 is 0 Å². The predicted molar refractivity (Wildman–Crippen MR) is 116 cm³/mol. The summed E-state index contributed by atoms with van der Waals surface area (Å²) in [6.45, 7) is 13.3. The van der Waals surface area contributed by atoms with Crippen molar-refractivity contribution in [1.82, 2.24) is 0 Å². The van der Waals surface area contributed by atoms with E-state index in [1.807, 2.05) is 0 Å². The largest absolute Gasteiger partial charge is 0.389 e. The highest BCUT2D eigenvalue weighted by Gasteiger charge is 2.40. The van der Waals surface area contributed by atoms with Gasteiger partial charge in [0.1, 0.15) is 0 Å². The molecule has 4 nitrogen and oxygen atoms in total. The molecule has 0 amide bonds. The number of nitrogens with two attached hydrogens (primary N) is 2. The number of aliphatic hydroxyl groups is 1. The summed E-state index contributed by atoms with van der Waals surface area (Å²) in [5, 5.41) is 10.5. The molecule has 27 heavy (non-hydrogen) atoms. The Morgan fingerprint density at radius 1 is 1.00 bits per heavy atom. The average Bonchev–Trinajstić information content (AvgIpc) is 2.65. The predicted octanol–water partition coefficient (Wildman–Crippen LogP) is 4.54. The Hall–Kier alpha value is -0.420. The summed E-state index contributed by atoms with van der Waals surface area (Å²) in [6, 6.07) is -0.726. The highest BCUT2D eigenvalue weighted by molar-refractivity contribution is 5.05. The van der Waals surface area contributed by atoms with Crippen LogP contribution in [0.2, 0.25) is 0 Å². The first kappa shape index (κ1) is 24.6. The molecule has 0 aromatic rings. The standard InChI is InChI=1S/C23H46N2O2/c1-6-9-11-13-18(17(5)12-10-7-2)14-16(4)15-20-23(26)22(25)21(24)19(8-3)27-20/h17-23,26H,4,6-15,24-25H2,1-3,5H3/t17-,18-,19?,20+,21?,22?,23?/m1/s1. The lowest BCUT2D eigenvalue weighted by atomic mass is 9.80. The van der Waals surface area contributed by atoms with E-state index in [4.69, 9.17) is 16.2 Å². The number of aliphatic hydroxyl groups excluding tert-OH is 1. The third-order valence-corrected chi connectivity index (χ3v) is 6.44. The number of hydrogen-bond acceptors (Lipinski definition) is 4. The van der Waals surface area contributed by atoms with Gasteiger partial charge in [0, 0.05) is 6.04 Å². The van der Waals surface area contributed by atoms with Gasteiger partial charge in [-0.05, 0) is 37.5 Å². The van der Waals surface area contributed by atoms with Crippen molar-refractivity contribution >= 4 is 0 Å². The number of rotatable bonds is 13. The van der Waals surface area contributed by atoms with Gasteiger partial charge in [-0.15, -0.1) is 0 Å². The van der Waals surface area contributed by atoms with E-state index in [9.17, 15) is 5.11 Å². The molecule has 0 aliphatic carbocycles. The SMILES string of the molecule is C=C(C[C@@H](CCCCC)[C@H](C)CCCC)C[C@@H]1OC(CC)C(N)C(N)C1O. The molecule has 0 aromatic heterocycles. The number of unbranched alkanes of at least 4 members (excludes halogenated alkanes) is 3. The van der Waals surface area contributed by atoms with Crippen molar-refractivity contribution in [1.29, 1.82) is 0 Å². The molecule has 160 valence electrons. The monoisotopic (exact) mass is 382 g/mol. The van der Waals surface area contributed by atoms with Crippen LogP contribution >= 0.6 is 0 Å². The highest BCUT2D eigenvalue weighted by Crippen LogP contribution is 2.32. The van der Waals surface area contributed by atoms with E-state index in [1.165, 1.54) is 50.5 Å². The van der Waals surface area contributed by atoms with Gasteiger partial charge in [0.05, 0.1) is 24.4 Å². The lowest BCUT2D eigenvalue weighted by Crippen LogP contribution is -2.64. The minimum atomic E-state index is -0.712. The molecule has 1 rings (SSSR count). The lowest BCUT2D eigenvalue weighted by Gasteiger charge is -2.42. The van der Waals surface area contributed by atoms with Crippen LogP contribution in [0.5, 0.6) is 0 Å². The van der Waals surface area contributed by atoms with Crippen molar-refractivity contribution in [3.8, 4) is 0 Å². The number of hydrogen-bond donors (Lipinski definition) is 3. The van der Waals surface area contributed by atoms with Crippen LogP contribution in [-0.2, 0) is 4.74 Å². The van der Waals surface area contributed by atoms with Crippen LogP contribution in [0.1, 0.15) is 91.9 Å². The van der Waals surface area contributed by atoms with Crippen LogP contribution < -0.4 is 11.5 Å². The molecule has 4 heteroatoms. The van der Waals surface area contributed by atoms with Gasteiger partial charge in [0.15, 0.2) is 0 Å². The molecule has 1 aliphatic rings. The second kappa shape index (κ2) is 12.9. The maximum absolute atomic E-state index is 10.5. The minimum absolute atomic E-state index is 0.0787. The fraction of sp³-hybridized carbons (Fsp3) is 0.913. The zero-order valence-electron chi connectivity index (χ0n) is 18.3. The smallest absolute Gasteiger partial charge is 0.0971 e. The second-order valence-corrected chi connectivity index (χ2v) is 8.80. The van der Waals surface area contributed by atoms with E-state index in [-0.39, 0.29) is 18.2 Å². The van der Waals surface area contributed by atoms with Crippen molar-refractivity contribution < 1.29 is 9.84 Å². The molecule has 4 unspecified atom stereocenters. The van der Waals surface area contributed by atoms with Crippen molar-refractivity contribution in [3.05, 3.63) is 12.2 Å². The van der Waals surface area contributed by atoms with Crippen LogP contribution in [0.15, 0.2) is 12.2 Å². The van der Waals surface area contributed by atoms with Gasteiger partial charge in [-0.1, -0.05) is 78.4 Å². The topological polar surface area (TPSA) is 81.5 Å². The summed E-state index contributed by atoms with van der Waals surface area (Å²) in [4.78, 5) is 0. The summed E-state index contributed by atoms with van der Waals surface area (Å²) in [6.07, 6.45) is 10.4. The van der Waals surface area contributed by atoms with E-state index in [0.29, 0.717) is 12.3 Å². The van der Waals surface area contributed by atoms with Gasteiger partial charge in [-0.2, -0.15) is 0 Å². The molecule has 1 aliphatic heterocycles. The number of ether oxygens (including phenoxy) is 1. The summed E-state index contributed by atoms with van der Waals surface area (Å²) < 4.78 is 6.09. The molecule has 0 bridgehead atoms. The maximum Gasteiger partial charge on any atom is 0.0971 e. The van der Waals surface area contributed by atoms with Crippen molar-refractivity contribution in [2.75, 3.05) is 0 Å². The maximum atomic E-state index is 10.5. The Labute approximate surface area is 168 Å². The van der Waals surface area contributed by atoms with E-state index in [1.54, 1.807) is 0 Å². The average molecular weight is 383 g/mol. The van der Waals surface area contributed by atoms with E-state index in [2.05, 4.69) is 34.3 Å². The Bertz CT molecular complexity index is 413. The van der Waals surface area contributed by atoms with Crippen molar-refractivity contribution in [2.45, 2.75) is 122 Å². The molecule has 0 spiro atoms. The fourth-order valence-corrected chi connectivity index (χ4v) is 4.40. The third kappa shape index (κ3) is 7.84. The summed E-state index contributed by atoms with van der Waals surface area (Å²) in [5.41, 5.74) is 13.5. The Kier molecular flexibility index (Phi) is 11.8. The quantitative estimate of drug-likeness (QED) is 0.323. The first-order valence-electron chi connectivity index (χ1n) is 11.4. The van der Waals surface area contributed by atoms with E-state index in [0.717, 1.165) is 18.8 Å². The molecule has 5 N–H and O–H groups in total. The minimum Gasteiger partial charge on any atom is -0.389 e. The zero-order valence-corrected chi connectivity index (χ0v) is 18.3. The fourth-order valence-electron chi connectivity index (χ4n) is 4.40. The summed E-state index contributed by atoms with van der Waals surface area (Å²) in [7, 11) is 0.